The highest BCUT2D eigenvalue weighted by Crippen LogP contribution is 2.38. The number of hydrazone groups is 1. The molecule has 0 atom stereocenters. The number of ether oxygens (including phenoxy) is 3. The molecule has 1 fully saturated rings. The van der Waals surface area contributed by atoms with E-state index in [4.69, 9.17) is 14.2 Å². The van der Waals surface area contributed by atoms with E-state index in [9.17, 15) is 18.0 Å². The van der Waals surface area contributed by atoms with Crippen LogP contribution in [0.2, 0.25) is 0 Å². The third kappa shape index (κ3) is 8.30. The largest absolute Gasteiger partial charge is 0.493 e. The van der Waals surface area contributed by atoms with E-state index in [0.29, 0.717) is 51.6 Å². The van der Waals surface area contributed by atoms with E-state index in [1.54, 1.807) is 44.5 Å². The maximum absolute atomic E-state index is 15.1. The van der Waals surface area contributed by atoms with Crippen molar-refractivity contribution in [3.05, 3.63) is 89.4 Å². The van der Waals surface area contributed by atoms with Gasteiger partial charge in [-0.05, 0) is 86.8 Å². The van der Waals surface area contributed by atoms with Crippen molar-refractivity contribution in [3.63, 3.8) is 0 Å². The molecule has 0 aliphatic carbocycles. The van der Waals surface area contributed by atoms with Crippen LogP contribution >= 0.6 is 0 Å². The molecule has 4 aromatic rings. The lowest BCUT2D eigenvalue weighted by atomic mass is 10.1. The van der Waals surface area contributed by atoms with Gasteiger partial charge in [-0.25, -0.2) is 9.82 Å². The van der Waals surface area contributed by atoms with Gasteiger partial charge < -0.3 is 19.1 Å². The Bertz CT molecular complexity index is 1700. The van der Waals surface area contributed by atoms with Gasteiger partial charge in [0.05, 0.1) is 36.9 Å². The van der Waals surface area contributed by atoms with E-state index in [1.807, 2.05) is 0 Å². The first-order valence-corrected chi connectivity index (χ1v) is 14.9. The summed E-state index contributed by atoms with van der Waals surface area (Å²) < 4.78 is 71.0. The van der Waals surface area contributed by atoms with Gasteiger partial charge in [0.15, 0.2) is 23.1 Å². The number of aromatic nitrogens is 1. The van der Waals surface area contributed by atoms with Crippen molar-refractivity contribution in [2.45, 2.75) is 38.8 Å². The van der Waals surface area contributed by atoms with Crippen LogP contribution in [0.5, 0.6) is 23.0 Å². The van der Waals surface area contributed by atoms with E-state index in [1.165, 1.54) is 37.1 Å². The normalized spacial score (nSPS) is 14.0. The summed E-state index contributed by atoms with van der Waals surface area (Å²) in [6.07, 6.45) is 0.315. The molecule has 0 radical (unpaired) electrons. The first-order valence-electron chi connectivity index (χ1n) is 14.9. The zero-order valence-electron chi connectivity index (χ0n) is 25.5. The minimum absolute atomic E-state index is 0.0472. The summed E-state index contributed by atoms with van der Waals surface area (Å²) in [4.78, 5) is 19.3. The number of methoxy groups -OCH3 is 1. The molecule has 1 aliphatic rings. The zero-order valence-corrected chi connectivity index (χ0v) is 25.5. The molecule has 1 saturated heterocycles. The van der Waals surface area contributed by atoms with Gasteiger partial charge in [0.2, 0.25) is 5.91 Å². The average molecular weight is 639 g/mol. The van der Waals surface area contributed by atoms with Crippen LogP contribution in [0.15, 0.2) is 72.0 Å². The molecule has 1 N–H and O–H groups in total. The molecule has 0 bridgehead atoms. The van der Waals surface area contributed by atoms with Crippen LogP contribution in [-0.2, 0) is 17.4 Å². The number of likely N-dealkylation sites (tertiary alicyclic amines) is 1. The summed E-state index contributed by atoms with van der Waals surface area (Å²) in [5.74, 6) is 0.180. The average Bonchev–Trinajstić information content (AvgIpc) is 3.56. The van der Waals surface area contributed by atoms with Gasteiger partial charge >= 0.3 is 6.18 Å². The molecule has 3 aromatic carbocycles. The van der Waals surface area contributed by atoms with Crippen molar-refractivity contribution in [1.82, 2.24) is 15.3 Å². The molecular weight excluding hydrogens is 604 g/mol. The lowest BCUT2D eigenvalue weighted by molar-refractivity contribution is -0.137. The van der Waals surface area contributed by atoms with Crippen LogP contribution < -0.4 is 19.6 Å². The number of amides is 1. The molecule has 1 aliphatic heterocycles. The monoisotopic (exact) mass is 638 g/mol. The minimum Gasteiger partial charge on any atom is -0.493 e. The standard InChI is InChI=1S/C34H34F4N4O4/c1-22(24-7-9-25(10-8-24)34(36,37)38)40-41-33(43)19-23-6-11-30(27(35)18-23)46-29-12-13-39-28-21-32(31(44-2)20-26(28)29)45-17-5-16-42-14-3-4-15-42/h6-13,18,20-21H,3-5,14-17,19H2,1-2H3,(H,41,43)/b40-22+. The second-order valence-corrected chi connectivity index (χ2v) is 10.9. The smallest absolute Gasteiger partial charge is 0.416 e. The number of hydrogen-bond acceptors (Lipinski definition) is 7. The first kappa shape index (κ1) is 32.7. The topological polar surface area (TPSA) is 85.3 Å². The van der Waals surface area contributed by atoms with Crippen LogP contribution in [-0.4, -0.2) is 54.9 Å². The van der Waals surface area contributed by atoms with Gasteiger partial charge in [-0.15, -0.1) is 0 Å². The highest BCUT2D eigenvalue weighted by Gasteiger charge is 2.30. The molecule has 46 heavy (non-hydrogen) atoms. The molecule has 2 heterocycles. The van der Waals surface area contributed by atoms with Gasteiger partial charge in [-0.2, -0.15) is 18.3 Å². The number of alkyl halides is 3. The molecular formula is C34H34F4N4O4. The summed E-state index contributed by atoms with van der Waals surface area (Å²) in [6, 6.07) is 13.7. The summed E-state index contributed by atoms with van der Waals surface area (Å²) in [5, 5.41) is 4.56. The molecule has 0 spiro atoms. The molecule has 8 nitrogen and oxygen atoms in total. The second-order valence-electron chi connectivity index (χ2n) is 10.9. The van der Waals surface area contributed by atoms with Crippen molar-refractivity contribution in [2.24, 2.45) is 5.10 Å². The van der Waals surface area contributed by atoms with Crippen molar-refractivity contribution < 1.29 is 36.6 Å². The quantitative estimate of drug-likeness (QED) is 0.0769. The fourth-order valence-corrected chi connectivity index (χ4v) is 5.16. The van der Waals surface area contributed by atoms with E-state index in [-0.39, 0.29) is 12.2 Å². The number of nitrogens with one attached hydrogen (secondary N) is 1. The number of nitrogens with zero attached hydrogens (tertiary/aromatic N) is 3. The molecule has 5 rings (SSSR count). The van der Waals surface area contributed by atoms with E-state index >= 15 is 4.39 Å². The van der Waals surface area contributed by atoms with Crippen LogP contribution in [0, 0.1) is 5.82 Å². The van der Waals surface area contributed by atoms with Crippen LogP contribution in [0.25, 0.3) is 10.9 Å². The Kier molecular flexibility index (Phi) is 10.4. The summed E-state index contributed by atoms with van der Waals surface area (Å²) in [5.41, 5.74) is 3.27. The number of hydrogen-bond donors (Lipinski definition) is 1. The van der Waals surface area contributed by atoms with E-state index < -0.39 is 23.5 Å². The van der Waals surface area contributed by atoms with Crippen LogP contribution in [0.3, 0.4) is 0 Å². The van der Waals surface area contributed by atoms with Gasteiger partial charge in [0, 0.05) is 24.2 Å². The SMILES string of the molecule is COc1cc2c(Oc3ccc(CC(=O)N/N=C(\C)c4ccc(C(F)(F)F)cc4)cc3F)ccnc2cc1OCCCN1CCCC1. The molecule has 1 aromatic heterocycles. The Labute approximate surface area is 264 Å². The Hall–Kier alpha value is -4.71. The maximum Gasteiger partial charge on any atom is 0.416 e. The predicted molar refractivity (Wildman–Crippen MR) is 166 cm³/mol. The van der Waals surface area contributed by atoms with E-state index in [2.05, 4.69) is 20.4 Å². The highest BCUT2D eigenvalue weighted by molar-refractivity contribution is 5.99. The molecule has 0 saturated carbocycles. The van der Waals surface area contributed by atoms with E-state index in [0.717, 1.165) is 38.2 Å². The molecule has 242 valence electrons. The van der Waals surface area contributed by atoms with Crippen molar-refractivity contribution in [3.8, 4) is 23.0 Å². The lowest BCUT2D eigenvalue weighted by Gasteiger charge is -2.16. The Morgan fingerprint density at radius 2 is 1.74 bits per heavy atom. The number of carbonyl (C=O) groups is 1. The van der Waals surface area contributed by atoms with Gasteiger partial charge in [-0.3, -0.25) is 9.78 Å². The first-order chi connectivity index (χ1) is 22.1. The van der Waals surface area contributed by atoms with Gasteiger partial charge in [-0.1, -0.05) is 18.2 Å². The third-order valence-corrected chi connectivity index (χ3v) is 7.62. The van der Waals surface area contributed by atoms with Crippen LogP contribution in [0.1, 0.15) is 42.9 Å². The van der Waals surface area contributed by atoms with Gasteiger partial charge in [0.1, 0.15) is 5.75 Å². The third-order valence-electron chi connectivity index (χ3n) is 7.62. The Morgan fingerprint density at radius 1 is 0.978 bits per heavy atom. The number of halogens is 4. The predicted octanol–water partition coefficient (Wildman–Crippen LogP) is 7.14. The fourth-order valence-electron chi connectivity index (χ4n) is 5.16. The van der Waals surface area contributed by atoms with Gasteiger partial charge in [0.25, 0.3) is 0 Å². The summed E-state index contributed by atoms with van der Waals surface area (Å²) in [6.45, 7) is 5.35. The minimum atomic E-state index is -4.45. The van der Waals surface area contributed by atoms with Crippen molar-refractivity contribution in [1.29, 1.82) is 0 Å². The van der Waals surface area contributed by atoms with Crippen molar-refractivity contribution >= 4 is 22.5 Å². The van der Waals surface area contributed by atoms with Crippen LogP contribution in [0.4, 0.5) is 17.6 Å². The molecule has 12 heteroatoms. The highest BCUT2D eigenvalue weighted by atomic mass is 19.4. The number of rotatable bonds is 12. The number of pyridine rings is 1. The molecule has 0 unspecified atom stereocenters. The summed E-state index contributed by atoms with van der Waals surface area (Å²) in [7, 11) is 1.55. The molecule has 1 amide bonds. The fraction of sp³-hybridized carbons (Fsp3) is 0.324. The zero-order chi connectivity index (χ0) is 32.7. The summed E-state index contributed by atoms with van der Waals surface area (Å²) >= 11 is 0. The number of benzene rings is 3. The number of carbonyl (C=O) groups excluding carboxylic acids is 1. The second kappa shape index (κ2) is 14.6. The van der Waals surface area contributed by atoms with Crippen molar-refractivity contribution in [2.75, 3.05) is 33.4 Å². The Balaban J connectivity index is 1.21. The number of fused-ring (bicyclic) bond motifs is 1. The lowest BCUT2D eigenvalue weighted by Crippen LogP contribution is -2.21. The Morgan fingerprint density at radius 3 is 2.43 bits per heavy atom. The maximum atomic E-state index is 15.1.